The van der Waals surface area contributed by atoms with E-state index in [2.05, 4.69) is 0 Å². The predicted octanol–water partition coefficient (Wildman–Crippen LogP) is 0.669. The van der Waals surface area contributed by atoms with Gasteiger partial charge in [0.25, 0.3) is 5.91 Å². The minimum absolute atomic E-state index is 0.0198. The molecule has 5 N–H and O–H groups in total. The third kappa shape index (κ3) is 2.18. The van der Waals surface area contributed by atoms with Crippen molar-refractivity contribution in [2.45, 2.75) is 24.9 Å². The molecule has 0 radical (unpaired) electrons. The van der Waals surface area contributed by atoms with Crippen LogP contribution >= 0.6 is 0 Å². The number of Topliss-reactive ketones (excluding diaryl/α,β-unsaturated/α-hetero) is 2. The topological polar surface area (TPSA) is 147 Å². The smallest absolute Gasteiger partial charge is 0.255 e. The normalized spacial score (nSPS) is 29.2. The molecule has 1 unspecified atom stereocenters. The van der Waals surface area contributed by atoms with Gasteiger partial charge < -0.3 is 25.8 Å². The van der Waals surface area contributed by atoms with Gasteiger partial charge in [-0.15, -0.1) is 0 Å². The molecule has 0 heterocycles. The summed E-state index contributed by atoms with van der Waals surface area (Å²) in [4.78, 5) is 37.7. The van der Waals surface area contributed by atoms with Crippen molar-refractivity contribution in [1.29, 1.82) is 0 Å². The molecule has 1 amide bonds. The average Bonchev–Trinajstić information content (AvgIpc) is 2.63. The number of ether oxygens (including phenoxy) is 1. The molecule has 0 spiro atoms. The first-order valence-corrected chi connectivity index (χ1v) is 8.85. The third-order valence-electron chi connectivity index (χ3n) is 6.03. The van der Waals surface area contributed by atoms with Gasteiger partial charge in [0.15, 0.2) is 11.4 Å². The number of methoxy groups -OCH3 is 1. The number of hydrogen-bond acceptors (Lipinski definition) is 7. The van der Waals surface area contributed by atoms with Crippen LogP contribution in [0.15, 0.2) is 40.9 Å². The van der Waals surface area contributed by atoms with Gasteiger partial charge in [-0.05, 0) is 30.4 Å². The summed E-state index contributed by atoms with van der Waals surface area (Å²) in [6.45, 7) is 0. The Morgan fingerprint density at radius 2 is 1.96 bits per heavy atom. The highest BCUT2D eigenvalue weighted by Crippen LogP contribution is 2.51. The second-order valence-electron chi connectivity index (χ2n) is 7.40. The van der Waals surface area contributed by atoms with Crippen LogP contribution in [0.4, 0.5) is 0 Å². The summed E-state index contributed by atoms with van der Waals surface area (Å²) in [7, 11) is 1.29. The fourth-order valence-electron chi connectivity index (χ4n) is 4.72. The molecule has 8 heteroatoms. The Morgan fingerprint density at radius 3 is 2.61 bits per heavy atom. The molecule has 0 saturated heterocycles. The maximum Gasteiger partial charge on any atom is 0.255 e. The Labute approximate surface area is 159 Å². The van der Waals surface area contributed by atoms with Crippen molar-refractivity contribution in [3.8, 4) is 5.75 Å². The van der Waals surface area contributed by atoms with Gasteiger partial charge in [-0.2, -0.15) is 0 Å². The zero-order valence-corrected chi connectivity index (χ0v) is 15.1. The number of benzene rings is 1. The summed E-state index contributed by atoms with van der Waals surface area (Å²) in [5, 5.41) is 32.1. The number of aromatic hydroxyl groups is 1. The van der Waals surface area contributed by atoms with Crippen LogP contribution in [0.5, 0.6) is 5.75 Å². The highest BCUT2D eigenvalue weighted by Gasteiger charge is 2.59. The van der Waals surface area contributed by atoms with Crippen LogP contribution in [0.3, 0.4) is 0 Å². The van der Waals surface area contributed by atoms with Crippen LogP contribution in [0, 0.1) is 11.8 Å². The zero-order chi connectivity index (χ0) is 20.4. The van der Waals surface area contributed by atoms with Crippen molar-refractivity contribution in [2.75, 3.05) is 7.11 Å². The van der Waals surface area contributed by atoms with E-state index in [0.29, 0.717) is 12.0 Å². The van der Waals surface area contributed by atoms with Crippen LogP contribution in [-0.4, -0.2) is 45.5 Å². The summed E-state index contributed by atoms with van der Waals surface area (Å²) in [6, 6.07) is 4.71. The second kappa shape index (κ2) is 5.93. The molecule has 1 aromatic rings. The number of hydrogen-bond donors (Lipinski definition) is 4. The molecule has 3 aliphatic carbocycles. The standard InChI is InChI=1S/C20H19NO7/c1-28-12-7-10-6-9-5-8-3-2-4-11(22)13(8)16(23)14(9)17(24)20(10,27)18(25)15(12)19(21)26/h2-4,9-10,22,24,27H,5-7H2,1H3,(H2,21,26)/t9-,10?,20-/m0/s1. The lowest BCUT2D eigenvalue weighted by molar-refractivity contribution is -0.144. The van der Waals surface area contributed by atoms with Crippen molar-refractivity contribution in [2.24, 2.45) is 17.6 Å². The second-order valence-corrected chi connectivity index (χ2v) is 7.40. The number of ketones is 2. The van der Waals surface area contributed by atoms with Crippen molar-refractivity contribution in [3.63, 3.8) is 0 Å². The molecule has 3 aliphatic rings. The lowest BCUT2D eigenvalue weighted by Gasteiger charge is -2.45. The molecule has 28 heavy (non-hydrogen) atoms. The summed E-state index contributed by atoms with van der Waals surface area (Å²) in [6.07, 6.45) is 0.609. The molecule has 4 rings (SSSR count). The number of fused-ring (bicyclic) bond motifs is 3. The molecule has 0 saturated carbocycles. The van der Waals surface area contributed by atoms with Crippen LogP contribution in [0.25, 0.3) is 0 Å². The van der Waals surface area contributed by atoms with E-state index in [-0.39, 0.29) is 35.5 Å². The summed E-state index contributed by atoms with van der Waals surface area (Å²) in [5.41, 5.74) is 2.92. The van der Waals surface area contributed by atoms with Gasteiger partial charge in [0, 0.05) is 17.9 Å². The SMILES string of the molecule is COC1=C(C(N)=O)C(=O)[C@@]2(O)C(O)=C3C(=O)c4c(O)cccc4C[C@H]3CC2C1. The molecule has 3 atom stereocenters. The molecule has 0 aliphatic heterocycles. The highest BCUT2D eigenvalue weighted by atomic mass is 16.5. The number of nitrogens with two attached hydrogens (primary N) is 1. The number of rotatable bonds is 2. The van der Waals surface area contributed by atoms with E-state index >= 15 is 0 Å². The summed E-state index contributed by atoms with van der Waals surface area (Å²) < 4.78 is 5.14. The van der Waals surface area contributed by atoms with Gasteiger partial charge in [-0.1, -0.05) is 12.1 Å². The molecule has 0 bridgehead atoms. The Morgan fingerprint density at radius 1 is 1.25 bits per heavy atom. The number of primary amides is 1. The van der Waals surface area contributed by atoms with Gasteiger partial charge in [0.2, 0.25) is 5.78 Å². The van der Waals surface area contributed by atoms with E-state index in [1.165, 1.54) is 13.2 Å². The molecule has 0 aromatic heterocycles. The van der Waals surface area contributed by atoms with Gasteiger partial charge in [-0.25, -0.2) is 0 Å². The first kappa shape index (κ1) is 18.2. The highest BCUT2D eigenvalue weighted by molar-refractivity contribution is 6.24. The number of amides is 1. The lowest BCUT2D eigenvalue weighted by Crippen LogP contribution is -2.57. The molecule has 1 aromatic carbocycles. The average molecular weight is 385 g/mol. The molecule has 146 valence electrons. The van der Waals surface area contributed by atoms with E-state index in [1.807, 2.05) is 0 Å². The van der Waals surface area contributed by atoms with Crippen molar-refractivity contribution in [3.05, 3.63) is 52.0 Å². The summed E-state index contributed by atoms with van der Waals surface area (Å²) in [5.74, 6) is -4.95. The number of phenolic OH excluding ortho intramolecular Hbond substituents is 1. The van der Waals surface area contributed by atoms with Crippen molar-refractivity contribution in [1.82, 2.24) is 0 Å². The Balaban J connectivity index is 1.91. The van der Waals surface area contributed by atoms with Crippen LogP contribution in [0.1, 0.15) is 28.8 Å². The number of carbonyl (C=O) groups excluding carboxylic acids is 3. The van der Waals surface area contributed by atoms with Gasteiger partial charge in [0.05, 0.1) is 12.7 Å². The van der Waals surface area contributed by atoms with Crippen LogP contribution in [0.2, 0.25) is 0 Å². The number of aliphatic hydroxyl groups excluding tert-OH is 1. The zero-order valence-electron chi connectivity index (χ0n) is 15.1. The van der Waals surface area contributed by atoms with Crippen LogP contribution in [-0.2, 0) is 20.7 Å². The van der Waals surface area contributed by atoms with E-state index in [0.717, 1.165) is 0 Å². The Hall–Kier alpha value is -3.13. The number of phenols is 1. The Kier molecular flexibility index (Phi) is 3.87. The van der Waals surface area contributed by atoms with Gasteiger partial charge in [0.1, 0.15) is 22.8 Å². The largest absolute Gasteiger partial charge is 0.508 e. The van der Waals surface area contributed by atoms with Crippen LogP contribution < -0.4 is 5.73 Å². The predicted molar refractivity (Wildman–Crippen MR) is 95.2 cm³/mol. The van der Waals surface area contributed by atoms with E-state index < -0.39 is 46.2 Å². The monoisotopic (exact) mass is 385 g/mol. The fourth-order valence-corrected chi connectivity index (χ4v) is 4.72. The maximum atomic E-state index is 13.0. The number of carbonyl (C=O) groups is 3. The summed E-state index contributed by atoms with van der Waals surface area (Å²) >= 11 is 0. The maximum absolute atomic E-state index is 13.0. The van der Waals surface area contributed by atoms with Crippen molar-refractivity contribution < 1.29 is 34.4 Å². The van der Waals surface area contributed by atoms with E-state index in [1.54, 1.807) is 12.1 Å². The Bertz CT molecular complexity index is 1010. The lowest BCUT2D eigenvalue weighted by atomic mass is 9.60. The van der Waals surface area contributed by atoms with Gasteiger partial charge >= 0.3 is 0 Å². The van der Waals surface area contributed by atoms with E-state index in [4.69, 9.17) is 10.5 Å². The number of aliphatic hydroxyl groups is 2. The quantitative estimate of drug-likeness (QED) is 0.547. The molecular formula is C20H19NO7. The first-order valence-electron chi connectivity index (χ1n) is 8.85. The van der Waals surface area contributed by atoms with E-state index in [9.17, 15) is 29.7 Å². The number of allylic oxidation sites excluding steroid dienone is 2. The van der Waals surface area contributed by atoms with Crippen molar-refractivity contribution >= 4 is 17.5 Å². The minimum Gasteiger partial charge on any atom is -0.508 e. The molecule has 0 fully saturated rings. The first-order chi connectivity index (χ1) is 13.2. The third-order valence-corrected chi connectivity index (χ3v) is 6.03. The molecular weight excluding hydrogens is 366 g/mol. The van der Waals surface area contributed by atoms with Gasteiger partial charge in [-0.3, -0.25) is 14.4 Å². The fraction of sp³-hybridized carbons (Fsp3) is 0.350. The minimum atomic E-state index is -2.43. The molecule has 8 nitrogen and oxygen atoms in total.